The Kier molecular flexibility index (Phi) is 8.76. The third kappa shape index (κ3) is 7.74. The topological polar surface area (TPSA) is 158 Å². The molecule has 0 spiro atoms. The molecule has 11 nitrogen and oxygen atoms in total. The average Bonchev–Trinajstić information content (AvgIpc) is 2.84. The van der Waals surface area contributed by atoms with Crippen LogP contribution in [0.15, 0.2) is 72.8 Å². The van der Waals surface area contributed by atoms with Gasteiger partial charge in [0, 0.05) is 30.9 Å². The van der Waals surface area contributed by atoms with Crippen LogP contribution in [0.4, 0.5) is 21.9 Å². The lowest BCUT2D eigenvalue weighted by Crippen LogP contribution is -2.31. The second-order valence-electron chi connectivity index (χ2n) is 7.84. The van der Waals surface area contributed by atoms with E-state index in [4.69, 9.17) is 19.5 Å². The monoisotopic (exact) mass is 526 g/mol. The van der Waals surface area contributed by atoms with Gasteiger partial charge in [0.25, 0.3) is 0 Å². The Morgan fingerprint density at radius 3 is 1.70 bits per heavy atom. The van der Waals surface area contributed by atoms with E-state index < -0.39 is 19.5 Å². The SMILES string of the molecule is COC(=O)NC(c1cccc(N)c1)P(=O)(Oc1ccc(NC(C)=O)cc1)Oc1ccc(NC(C)=O)cc1. The van der Waals surface area contributed by atoms with E-state index in [2.05, 4.69) is 16.0 Å². The Labute approximate surface area is 213 Å². The lowest BCUT2D eigenvalue weighted by atomic mass is 10.2. The van der Waals surface area contributed by atoms with E-state index in [0.717, 1.165) is 0 Å². The minimum atomic E-state index is -4.31. The molecule has 0 aliphatic heterocycles. The van der Waals surface area contributed by atoms with E-state index in [1.165, 1.54) is 51.3 Å². The number of amides is 3. The Bertz CT molecular complexity index is 1250. The first-order valence-electron chi connectivity index (χ1n) is 11.0. The standard InChI is InChI=1S/C25H27N4O7P/c1-16(30)27-20-7-11-22(12-8-20)35-37(33,36-23-13-9-21(10-14-23)28-17(2)31)24(29-25(32)34-3)18-5-4-6-19(26)15-18/h4-15,24H,26H2,1-3H3,(H,27,30)(H,28,31)(H,29,32). The van der Waals surface area contributed by atoms with Crippen molar-refractivity contribution in [2.45, 2.75) is 19.6 Å². The van der Waals surface area contributed by atoms with E-state index in [9.17, 15) is 18.9 Å². The Morgan fingerprint density at radius 1 is 0.811 bits per heavy atom. The van der Waals surface area contributed by atoms with Crippen LogP contribution in [-0.4, -0.2) is 25.0 Å². The maximum absolute atomic E-state index is 14.4. The summed E-state index contributed by atoms with van der Waals surface area (Å²) in [7, 11) is -3.14. The van der Waals surface area contributed by atoms with Crippen LogP contribution in [0.1, 0.15) is 25.2 Å². The number of nitrogens with one attached hydrogen (secondary N) is 3. The van der Waals surface area contributed by atoms with Gasteiger partial charge in [0.1, 0.15) is 11.5 Å². The van der Waals surface area contributed by atoms with E-state index in [0.29, 0.717) is 22.6 Å². The summed E-state index contributed by atoms with van der Waals surface area (Å²) in [4.78, 5) is 34.9. The van der Waals surface area contributed by atoms with Gasteiger partial charge in [-0.05, 0) is 66.2 Å². The summed E-state index contributed by atoms with van der Waals surface area (Å²) in [6.45, 7) is 2.75. The molecule has 1 atom stereocenters. The molecule has 0 heterocycles. The number of hydrogen-bond donors (Lipinski definition) is 4. The van der Waals surface area contributed by atoms with Crippen LogP contribution in [0, 0.1) is 0 Å². The summed E-state index contributed by atoms with van der Waals surface area (Å²) in [5.41, 5.74) is 7.65. The van der Waals surface area contributed by atoms with Gasteiger partial charge in [0.05, 0.1) is 7.11 Å². The molecule has 0 aromatic heterocycles. The van der Waals surface area contributed by atoms with E-state index >= 15 is 0 Å². The lowest BCUT2D eigenvalue weighted by molar-refractivity contribution is -0.115. The number of nitrogens with two attached hydrogens (primary N) is 1. The number of benzene rings is 3. The van der Waals surface area contributed by atoms with Crippen LogP contribution in [0.3, 0.4) is 0 Å². The zero-order valence-electron chi connectivity index (χ0n) is 20.4. The molecular weight excluding hydrogens is 499 g/mol. The fourth-order valence-corrected chi connectivity index (χ4v) is 5.14. The molecule has 0 aliphatic carbocycles. The highest BCUT2D eigenvalue weighted by Gasteiger charge is 2.42. The van der Waals surface area contributed by atoms with Crippen molar-refractivity contribution in [3.8, 4) is 11.5 Å². The molecule has 0 saturated carbocycles. The minimum Gasteiger partial charge on any atom is -0.453 e. The molecule has 0 saturated heterocycles. The summed E-state index contributed by atoms with van der Waals surface area (Å²) in [5.74, 6) is -1.54. The highest BCUT2D eigenvalue weighted by molar-refractivity contribution is 7.55. The minimum absolute atomic E-state index is 0.146. The van der Waals surface area contributed by atoms with Crippen molar-refractivity contribution in [2.24, 2.45) is 0 Å². The van der Waals surface area contributed by atoms with Crippen molar-refractivity contribution in [2.75, 3.05) is 23.5 Å². The second-order valence-corrected chi connectivity index (χ2v) is 9.80. The molecule has 5 N–H and O–H groups in total. The number of hydrogen-bond acceptors (Lipinski definition) is 8. The molecule has 37 heavy (non-hydrogen) atoms. The first-order chi connectivity index (χ1) is 17.6. The van der Waals surface area contributed by atoms with Crippen molar-refractivity contribution < 1.29 is 32.7 Å². The maximum atomic E-state index is 14.4. The zero-order valence-corrected chi connectivity index (χ0v) is 21.3. The molecule has 3 aromatic carbocycles. The van der Waals surface area contributed by atoms with Crippen LogP contribution in [-0.2, 0) is 18.9 Å². The van der Waals surface area contributed by atoms with Gasteiger partial charge in [-0.15, -0.1) is 0 Å². The number of carbonyl (C=O) groups excluding carboxylic acids is 3. The Morgan fingerprint density at radius 2 is 1.30 bits per heavy atom. The van der Waals surface area contributed by atoms with Crippen LogP contribution in [0.5, 0.6) is 11.5 Å². The van der Waals surface area contributed by atoms with Crippen molar-refractivity contribution >= 4 is 42.6 Å². The van der Waals surface area contributed by atoms with Crippen molar-refractivity contribution in [1.82, 2.24) is 5.32 Å². The number of anilines is 3. The van der Waals surface area contributed by atoms with Crippen molar-refractivity contribution in [1.29, 1.82) is 0 Å². The number of methoxy groups -OCH3 is 1. The number of ether oxygens (including phenoxy) is 1. The van der Waals surface area contributed by atoms with Crippen molar-refractivity contribution in [3.05, 3.63) is 78.4 Å². The molecule has 12 heteroatoms. The molecule has 194 valence electrons. The summed E-state index contributed by atoms with van der Waals surface area (Å²) in [5, 5.41) is 7.78. The van der Waals surface area contributed by atoms with E-state index in [1.807, 2.05) is 0 Å². The van der Waals surface area contributed by atoms with Gasteiger partial charge in [-0.3, -0.25) is 9.59 Å². The third-order valence-corrected chi connectivity index (χ3v) is 6.79. The van der Waals surface area contributed by atoms with Crippen LogP contribution < -0.4 is 30.7 Å². The quantitative estimate of drug-likeness (QED) is 0.227. The average molecular weight is 526 g/mol. The third-order valence-electron chi connectivity index (χ3n) is 4.80. The van der Waals surface area contributed by atoms with Gasteiger partial charge in [0.15, 0.2) is 5.78 Å². The normalized spacial score (nSPS) is 11.5. The molecular formula is C25H27N4O7P. The fraction of sp³-hybridized carbons (Fsp3) is 0.160. The first-order valence-corrected chi connectivity index (χ1v) is 12.6. The summed E-state index contributed by atoms with van der Waals surface area (Å²) in [6.07, 6.45) is -0.873. The molecule has 3 rings (SSSR count). The largest absolute Gasteiger partial charge is 0.457 e. The zero-order chi connectivity index (χ0) is 27.0. The maximum Gasteiger partial charge on any atom is 0.457 e. The molecule has 0 radical (unpaired) electrons. The van der Waals surface area contributed by atoms with Gasteiger partial charge in [-0.1, -0.05) is 12.1 Å². The van der Waals surface area contributed by atoms with Gasteiger partial charge in [-0.2, -0.15) is 0 Å². The van der Waals surface area contributed by atoms with Crippen LogP contribution in [0.2, 0.25) is 0 Å². The molecule has 0 bridgehead atoms. The molecule has 0 fully saturated rings. The van der Waals surface area contributed by atoms with Gasteiger partial charge in [-0.25, -0.2) is 9.36 Å². The smallest absolute Gasteiger partial charge is 0.453 e. The Balaban J connectivity index is 2.03. The number of rotatable bonds is 9. The predicted molar refractivity (Wildman–Crippen MR) is 139 cm³/mol. The lowest BCUT2D eigenvalue weighted by Gasteiger charge is -2.28. The molecule has 3 amide bonds. The Hall–Kier alpha value is -4.50. The first kappa shape index (κ1) is 27.1. The van der Waals surface area contributed by atoms with Gasteiger partial charge in [0.2, 0.25) is 11.8 Å². The molecule has 1 unspecified atom stereocenters. The van der Waals surface area contributed by atoms with Crippen LogP contribution in [0.25, 0.3) is 0 Å². The van der Waals surface area contributed by atoms with Crippen molar-refractivity contribution in [3.63, 3.8) is 0 Å². The number of nitrogen functional groups attached to an aromatic ring is 1. The van der Waals surface area contributed by atoms with Gasteiger partial charge >= 0.3 is 13.7 Å². The highest BCUT2D eigenvalue weighted by atomic mass is 31.2. The number of carbonyl (C=O) groups is 3. The highest BCUT2D eigenvalue weighted by Crippen LogP contribution is 2.59. The summed E-state index contributed by atoms with van der Waals surface area (Å²) in [6, 6.07) is 18.6. The second kappa shape index (κ2) is 12.0. The predicted octanol–water partition coefficient (Wildman–Crippen LogP) is 4.89. The summed E-state index contributed by atoms with van der Waals surface area (Å²) >= 11 is 0. The fourth-order valence-electron chi connectivity index (χ4n) is 3.27. The molecule has 0 aliphatic rings. The van der Waals surface area contributed by atoms with Gasteiger partial charge < -0.3 is 35.5 Å². The van der Waals surface area contributed by atoms with Crippen LogP contribution >= 0.6 is 7.60 Å². The van der Waals surface area contributed by atoms with E-state index in [-0.39, 0.29) is 23.3 Å². The summed E-state index contributed by atoms with van der Waals surface area (Å²) < 4.78 is 31.0. The molecule has 3 aromatic rings. The van der Waals surface area contributed by atoms with E-state index in [1.54, 1.807) is 42.5 Å². The number of alkyl carbamates (subject to hydrolysis) is 1.